The van der Waals surface area contributed by atoms with Gasteiger partial charge in [-0.25, -0.2) is 0 Å². The first-order chi connectivity index (χ1) is 5.36. The number of aliphatic hydroxyl groups is 1. The van der Waals surface area contributed by atoms with Crippen molar-refractivity contribution in [1.82, 2.24) is 0 Å². The molecule has 0 aromatic rings. The van der Waals surface area contributed by atoms with Gasteiger partial charge in [-0.3, -0.25) is 0 Å². The van der Waals surface area contributed by atoms with Crippen molar-refractivity contribution < 1.29 is 5.11 Å². The molecule has 0 radical (unpaired) electrons. The molecule has 2 aliphatic rings. The third-order valence-corrected chi connectivity index (χ3v) is 2.33. The topological polar surface area (TPSA) is 20.2 Å². The summed E-state index contributed by atoms with van der Waals surface area (Å²) in [7, 11) is 0. The second-order valence-electron chi connectivity index (χ2n) is 3.19. The second kappa shape index (κ2) is 2.69. The van der Waals surface area contributed by atoms with E-state index in [2.05, 4.69) is 17.9 Å². The van der Waals surface area contributed by atoms with Gasteiger partial charge in [0, 0.05) is 0 Å². The molecule has 0 bridgehead atoms. The van der Waals surface area contributed by atoms with Gasteiger partial charge in [0.05, 0.1) is 6.10 Å². The molecule has 0 aromatic heterocycles. The van der Waals surface area contributed by atoms with Crippen molar-refractivity contribution in [3.05, 3.63) is 29.0 Å². The average Bonchev–Trinajstić information content (AvgIpc) is 2.04. The first kappa shape index (κ1) is 6.90. The van der Waals surface area contributed by atoms with Crippen LogP contribution in [0.5, 0.6) is 0 Å². The van der Waals surface area contributed by atoms with Crippen molar-refractivity contribution in [2.45, 2.75) is 31.8 Å². The largest absolute Gasteiger partial charge is 0.393 e. The molecule has 1 heteroatoms. The van der Waals surface area contributed by atoms with Crippen LogP contribution in [0.3, 0.4) is 0 Å². The average molecular weight is 148 g/mol. The third kappa shape index (κ3) is 1.30. The van der Waals surface area contributed by atoms with E-state index in [0.717, 1.165) is 25.7 Å². The van der Waals surface area contributed by atoms with Crippen LogP contribution in [0.1, 0.15) is 25.7 Å². The Labute approximate surface area is 66.7 Å². The Bertz CT molecular complexity index is 254. The van der Waals surface area contributed by atoms with Gasteiger partial charge in [0.15, 0.2) is 0 Å². The van der Waals surface area contributed by atoms with Crippen molar-refractivity contribution >= 4 is 0 Å². The molecule has 1 N–H and O–H groups in total. The summed E-state index contributed by atoms with van der Waals surface area (Å²) in [4.78, 5) is 0. The van der Waals surface area contributed by atoms with Crippen LogP contribution in [-0.4, -0.2) is 11.2 Å². The molecule has 0 saturated heterocycles. The van der Waals surface area contributed by atoms with Crippen LogP contribution < -0.4 is 0 Å². The summed E-state index contributed by atoms with van der Waals surface area (Å²) in [5.74, 6) is 0. The standard InChI is InChI=1S/C10H12O/c11-10-6-5-8-3-1-2-4-9(8)7-10/h1,4,10-11H,2,5-7H2. The Morgan fingerprint density at radius 3 is 3.36 bits per heavy atom. The molecule has 2 rings (SSSR count). The van der Waals surface area contributed by atoms with Crippen LogP contribution in [0.4, 0.5) is 0 Å². The van der Waals surface area contributed by atoms with Crippen LogP contribution in [0.15, 0.2) is 29.0 Å². The molecule has 2 aliphatic carbocycles. The minimum Gasteiger partial charge on any atom is -0.393 e. The highest BCUT2D eigenvalue weighted by Gasteiger charge is 2.18. The first-order valence-corrected chi connectivity index (χ1v) is 4.18. The van der Waals surface area contributed by atoms with E-state index in [4.69, 9.17) is 0 Å². The van der Waals surface area contributed by atoms with Crippen LogP contribution in [0.2, 0.25) is 0 Å². The van der Waals surface area contributed by atoms with E-state index in [1.807, 2.05) is 0 Å². The minimum atomic E-state index is -0.107. The SMILES string of the molecule is OC1CCC2=C=CCC=C2C1. The number of hydrogen-bond donors (Lipinski definition) is 1. The number of hydrogen-bond acceptors (Lipinski definition) is 1. The fourth-order valence-electron chi connectivity index (χ4n) is 1.71. The Hall–Kier alpha value is -0.780. The molecule has 11 heavy (non-hydrogen) atoms. The summed E-state index contributed by atoms with van der Waals surface area (Å²) in [6.45, 7) is 0. The molecule has 1 saturated carbocycles. The summed E-state index contributed by atoms with van der Waals surface area (Å²) < 4.78 is 0. The van der Waals surface area contributed by atoms with Crippen molar-refractivity contribution in [3.8, 4) is 0 Å². The zero-order chi connectivity index (χ0) is 7.68. The molecule has 0 heterocycles. The van der Waals surface area contributed by atoms with E-state index in [-0.39, 0.29) is 6.10 Å². The first-order valence-electron chi connectivity index (χ1n) is 4.18. The fourth-order valence-corrected chi connectivity index (χ4v) is 1.71. The van der Waals surface area contributed by atoms with Gasteiger partial charge in [0.25, 0.3) is 0 Å². The maximum Gasteiger partial charge on any atom is 0.0584 e. The van der Waals surface area contributed by atoms with Gasteiger partial charge in [-0.15, -0.1) is 5.73 Å². The zero-order valence-corrected chi connectivity index (χ0v) is 6.51. The van der Waals surface area contributed by atoms with Gasteiger partial charge in [0.1, 0.15) is 0 Å². The molecule has 0 spiro atoms. The molecule has 0 aliphatic heterocycles. The van der Waals surface area contributed by atoms with Gasteiger partial charge >= 0.3 is 0 Å². The van der Waals surface area contributed by atoms with E-state index in [0.29, 0.717) is 0 Å². The van der Waals surface area contributed by atoms with Crippen LogP contribution in [0.25, 0.3) is 0 Å². The predicted molar refractivity (Wildman–Crippen MR) is 44.2 cm³/mol. The number of allylic oxidation sites excluding steroid dienone is 2. The lowest BCUT2D eigenvalue weighted by Gasteiger charge is -2.22. The summed E-state index contributed by atoms with van der Waals surface area (Å²) in [5.41, 5.74) is 5.90. The molecular formula is C10H12O. The molecular weight excluding hydrogens is 136 g/mol. The molecule has 0 aromatic carbocycles. The third-order valence-electron chi connectivity index (χ3n) is 2.33. The number of rotatable bonds is 0. The summed E-state index contributed by atoms with van der Waals surface area (Å²) >= 11 is 0. The predicted octanol–water partition coefficient (Wildman–Crippen LogP) is 1.94. The Morgan fingerprint density at radius 1 is 1.55 bits per heavy atom. The van der Waals surface area contributed by atoms with Crippen molar-refractivity contribution in [3.63, 3.8) is 0 Å². The second-order valence-corrected chi connectivity index (χ2v) is 3.19. The van der Waals surface area contributed by atoms with Crippen LogP contribution in [-0.2, 0) is 0 Å². The molecule has 1 fully saturated rings. The van der Waals surface area contributed by atoms with E-state index in [1.165, 1.54) is 11.1 Å². The Balaban J connectivity index is 2.26. The highest BCUT2D eigenvalue weighted by molar-refractivity contribution is 5.36. The quantitative estimate of drug-likeness (QED) is 0.520. The van der Waals surface area contributed by atoms with Gasteiger partial charge < -0.3 is 5.11 Å². The molecule has 58 valence electrons. The van der Waals surface area contributed by atoms with Crippen molar-refractivity contribution in [2.75, 3.05) is 0 Å². The highest BCUT2D eigenvalue weighted by atomic mass is 16.3. The van der Waals surface area contributed by atoms with Gasteiger partial charge in [-0.1, -0.05) is 6.08 Å². The Kier molecular flexibility index (Phi) is 1.69. The maximum atomic E-state index is 9.36. The van der Waals surface area contributed by atoms with Crippen molar-refractivity contribution in [2.24, 2.45) is 0 Å². The van der Waals surface area contributed by atoms with Crippen molar-refractivity contribution in [1.29, 1.82) is 0 Å². The molecule has 1 unspecified atom stereocenters. The zero-order valence-electron chi connectivity index (χ0n) is 6.51. The number of fused-ring (bicyclic) bond motifs is 1. The Morgan fingerprint density at radius 2 is 2.45 bits per heavy atom. The van der Waals surface area contributed by atoms with E-state index < -0.39 is 0 Å². The van der Waals surface area contributed by atoms with E-state index in [1.54, 1.807) is 0 Å². The highest BCUT2D eigenvalue weighted by Crippen LogP contribution is 2.30. The molecule has 0 amide bonds. The maximum absolute atomic E-state index is 9.36. The van der Waals surface area contributed by atoms with Crippen LogP contribution in [0, 0.1) is 0 Å². The van der Waals surface area contributed by atoms with E-state index in [9.17, 15) is 5.11 Å². The van der Waals surface area contributed by atoms with Gasteiger partial charge in [-0.2, -0.15) is 0 Å². The monoisotopic (exact) mass is 148 g/mol. The summed E-state index contributed by atoms with van der Waals surface area (Å²) in [6.07, 6.45) is 7.91. The van der Waals surface area contributed by atoms with E-state index >= 15 is 0 Å². The lowest BCUT2D eigenvalue weighted by Crippen LogP contribution is -2.15. The van der Waals surface area contributed by atoms with Gasteiger partial charge in [0.2, 0.25) is 0 Å². The molecule has 1 nitrogen and oxygen atoms in total. The summed E-state index contributed by atoms with van der Waals surface area (Å²) in [5, 5.41) is 9.36. The normalized spacial score (nSPS) is 29.0. The smallest absolute Gasteiger partial charge is 0.0584 e. The molecule has 1 atom stereocenters. The lowest BCUT2D eigenvalue weighted by molar-refractivity contribution is 0.158. The summed E-state index contributed by atoms with van der Waals surface area (Å²) in [6, 6.07) is 0. The van der Waals surface area contributed by atoms with Gasteiger partial charge in [-0.05, 0) is 42.9 Å². The fraction of sp³-hybridized carbons (Fsp3) is 0.500. The number of aliphatic hydroxyl groups excluding tert-OH is 1. The minimum absolute atomic E-state index is 0.107. The lowest BCUT2D eigenvalue weighted by atomic mass is 9.86. The van der Waals surface area contributed by atoms with Crippen LogP contribution >= 0.6 is 0 Å².